The van der Waals surface area contributed by atoms with Crippen LogP contribution in [-0.4, -0.2) is 27.0 Å². The molecule has 3 heteroatoms. The number of aromatic nitrogens is 2. The molecule has 1 aliphatic rings. The molecule has 0 radical (unpaired) electrons. The highest BCUT2D eigenvalue weighted by atomic mass is 15.2. The second-order valence-corrected chi connectivity index (χ2v) is 5.98. The van der Waals surface area contributed by atoms with Gasteiger partial charge < -0.3 is 4.57 Å². The molecule has 1 unspecified atom stereocenters. The molecule has 1 aromatic heterocycles. The average Bonchev–Trinajstić information content (AvgIpc) is 2.80. The highest BCUT2D eigenvalue weighted by Gasteiger charge is 2.21. The third-order valence-corrected chi connectivity index (χ3v) is 4.47. The number of benzene rings is 1. The van der Waals surface area contributed by atoms with Gasteiger partial charge in [0.1, 0.15) is 5.82 Å². The first-order chi connectivity index (χ1) is 9.79. The van der Waals surface area contributed by atoms with Crippen LogP contribution in [0.1, 0.15) is 45.4 Å². The van der Waals surface area contributed by atoms with Crippen LogP contribution in [0.5, 0.6) is 0 Å². The van der Waals surface area contributed by atoms with E-state index in [1.807, 2.05) is 0 Å². The van der Waals surface area contributed by atoms with Crippen LogP contribution in [0.4, 0.5) is 0 Å². The Kier molecular flexibility index (Phi) is 4.06. The quantitative estimate of drug-likeness (QED) is 0.843. The van der Waals surface area contributed by atoms with Crippen molar-refractivity contribution in [1.29, 1.82) is 0 Å². The molecule has 1 aromatic carbocycles. The number of hydrogen-bond donors (Lipinski definition) is 0. The summed E-state index contributed by atoms with van der Waals surface area (Å²) >= 11 is 0. The Bertz CT molecular complexity index is 573. The zero-order valence-corrected chi connectivity index (χ0v) is 12.7. The molecular weight excluding hydrogens is 246 g/mol. The fourth-order valence-electron chi connectivity index (χ4n) is 3.29. The molecule has 0 amide bonds. The summed E-state index contributed by atoms with van der Waals surface area (Å²) in [5, 5.41) is 0. The Morgan fingerprint density at radius 1 is 1.25 bits per heavy atom. The Labute approximate surface area is 121 Å². The molecule has 1 fully saturated rings. The standard InChI is InChI=1S/C17H25N3/c1-3-11-20-16-10-5-4-9-15(16)18-17(20)13-19-12-7-6-8-14(19)2/h4-5,9-10,14H,3,6-8,11-13H2,1-2H3. The van der Waals surface area contributed by atoms with Crippen LogP contribution in [0.3, 0.4) is 0 Å². The summed E-state index contributed by atoms with van der Waals surface area (Å²) < 4.78 is 2.41. The smallest absolute Gasteiger partial charge is 0.124 e. The van der Waals surface area contributed by atoms with E-state index >= 15 is 0 Å². The lowest BCUT2D eigenvalue weighted by Gasteiger charge is -2.33. The van der Waals surface area contributed by atoms with E-state index in [1.165, 1.54) is 37.1 Å². The molecule has 0 bridgehead atoms. The van der Waals surface area contributed by atoms with Gasteiger partial charge in [-0.2, -0.15) is 0 Å². The SMILES string of the molecule is CCCn1c(CN2CCCCC2C)nc2ccccc21. The van der Waals surface area contributed by atoms with Crippen molar-refractivity contribution in [3.05, 3.63) is 30.1 Å². The van der Waals surface area contributed by atoms with Gasteiger partial charge in [0.15, 0.2) is 0 Å². The van der Waals surface area contributed by atoms with Gasteiger partial charge in [0, 0.05) is 12.6 Å². The second-order valence-electron chi connectivity index (χ2n) is 5.98. The van der Waals surface area contributed by atoms with Gasteiger partial charge in [-0.15, -0.1) is 0 Å². The summed E-state index contributed by atoms with van der Waals surface area (Å²) in [6.07, 6.45) is 5.19. The first-order valence-electron chi connectivity index (χ1n) is 7.97. The van der Waals surface area contributed by atoms with Crippen LogP contribution in [0, 0.1) is 0 Å². The fourth-order valence-corrected chi connectivity index (χ4v) is 3.29. The van der Waals surface area contributed by atoms with Gasteiger partial charge in [-0.1, -0.05) is 25.5 Å². The Morgan fingerprint density at radius 2 is 2.10 bits per heavy atom. The molecule has 3 rings (SSSR count). The third kappa shape index (κ3) is 2.59. The van der Waals surface area contributed by atoms with E-state index < -0.39 is 0 Å². The number of hydrogen-bond acceptors (Lipinski definition) is 2. The molecule has 0 aliphatic carbocycles. The number of aryl methyl sites for hydroxylation is 1. The molecule has 2 heterocycles. The van der Waals surface area contributed by atoms with Crippen LogP contribution in [0.2, 0.25) is 0 Å². The summed E-state index contributed by atoms with van der Waals surface area (Å²) in [6, 6.07) is 9.22. The van der Waals surface area contributed by atoms with Crippen molar-refractivity contribution < 1.29 is 0 Å². The molecule has 0 spiro atoms. The van der Waals surface area contributed by atoms with E-state index in [9.17, 15) is 0 Å². The molecule has 0 saturated carbocycles. The molecule has 0 N–H and O–H groups in total. The number of piperidine rings is 1. The summed E-state index contributed by atoms with van der Waals surface area (Å²) in [4.78, 5) is 7.48. The van der Waals surface area contributed by atoms with Crippen molar-refractivity contribution in [2.75, 3.05) is 6.54 Å². The van der Waals surface area contributed by atoms with E-state index in [-0.39, 0.29) is 0 Å². The minimum atomic E-state index is 0.693. The zero-order chi connectivity index (χ0) is 13.9. The van der Waals surface area contributed by atoms with Gasteiger partial charge in [0.25, 0.3) is 0 Å². The fraction of sp³-hybridized carbons (Fsp3) is 0.588. The lowest BCUT2D eigenvalue weighted by Crippen LogP contribution is -2.37. The van der Waals surface area contributed by atoms with Gasteiger partial charge in [0.2, 0.25) is 0 Å². The normalized spacial score (nSPS) is 20.6. The van der Waals surface area contributed by atoms with Crippen molar-refractivity contribution in [1.82, 2.24) is 14.5 Å². The minimum Gasteiger partial charge on any atom is -0.327 e. The van der Waals surface area contributed by atoms with Crippen molar-refractivity contribution in [2.24, 2.45) is 0 Å². The maximum absolute atomic E-state index is 4.88. The van der Waals surface area contributed by atoms with E-state index in [2.05, 4.69) is 47.6 Å². The lowest BCUT2D eigenvalue weighted by atomic mass is 10.0. The number of imidazole rings is 1. The highest BCUT2D eigenvalue weighted by Crippen LogP contribution is 2.22. The second kappa shape index (κ2) is 5.96. The number of rotatable bonds is 4. The summed E-state index contributed by atoms with van der Waals surface area (Å²) in [6.45, 7) is 7.87. The summed E-state index contributed by atoms with van der Waals surface area (Å²) in [7, 11) is 0. The van der Waals surface area contributed by atoms with Crippen molar-refractivity contribution in [3.63, 3.8) is 0 Å². The van der Waals surface area contributed by atoms with E-state index in [1.54, 1.807) is 0 Å². The topological polar surface area (TPSA) is 21.1 Å². The molecule has 1 saturated heterocycles. The summed E-state index contributed by atoms with van der Waals surface area (Å²) in [5.74, 6) is 1.24. The van der Waals surface area contributed by atoms with Gasteiger partial charge in [0.05, 0.1) is 17.6 Å². The molecular formula is C17H25N3. The molecule has 1 aliphatic heterocycles. The van der Waals surface area contributed by atoms with E-state index in [0.29, 0.717) is 6.04 Å². The maximum atomic E-state index is 4.88. The van der Waals surface area contributed by atoms with Crippen LogP contribution in [0.15, 0.2) is 24.3 Å². The molecule has 2 aromatic rings. The zero-order valence-electron chi connectivity index (χ0n) is 12.7. The number of para-hydroxylation sites is 2. The Morgan fingerprint density at radius 3 is 2.90 bits per heavy atom. The van der Waals surface area contributed by atoms with Crippen molar-refractivity contribution in [2.45, 2.75) is 58.7 Å². The molecule has 108 valence electrons. The molecule has 1 atom stereocenters. The van der Waals surface area contributed by atoms with Gasteiger partial charge in [-0.05, 0) is 44.9 Å². The molecule has 20 heavy (non-hydrogen) atoms. The molecule has 3 nitrogen and oxygen atoms in total. The number of likely N-dealkylation sites (tertiary alicyclic amines) is 1. The first kappa shape index (κ1) is 13.6. The summed E-state index contributed by atoms with van der Waals surface area (Å²) in [5.41, 5.74) is 2.43. The Hall–Kier alpha value is -1.35. The van der Waals surface area contributed by atoms with Crippen LogP contribution in [0.25, 0.3) is 11.0 Å². The van der Waals surface area contributed by atoms with E-state index in [0.717, 1.165) is 25.0 Å². The third-order valence-electron chi connectivity index (χ3n) is 4.47. The van der Waals surface area contributed by atoms with Gasteiger partial charge >= 0.3 is 0 Å². The van der Waals surface area contributed by atoms with Crippen LogP contribution >= 0.6 is 0 Å². The van der Waals surface area contributed by atoms with E-state index in [4.69, 9.17) is 4.98 Å². The largest absolute Gasteiger partial charge is 0.327 e. The predicted molar refractivity (Wildman–Crippen MR) is 83.7 cm³/mol. The van der Waals surface area contributed by atoms with Gasteiger partial charge in [-0.25, -0.2) is 4.98 Å². The average molecular weight is 271 g/mol. The lowest BCUT2D eigenvalue weighted by molar-refractivity contribution is 0.147. The highest BCUT2D eigenvalue weighted by molar-refractivity contribution is 5.75. The Balaban J connectivity index is 1.91. The number of fused-ring (bicyclic) bond motifs is 1. The van der Waals surface area contributed by atoms with Crippen LogP contribution < -0.4 is 0 Å². The van der Waals surface area contributed by atoms with Crippen molar-refractivity contribution in [3.8, 4) is 0 Å². The minimum absolute atomic E-state index is 0.693. The first-order valence-corrected chi connectivity index (χ1v) is 7.97. The monoisotopic (exact) mass is 271 g/mol. The predicted octanol–water partition coefficient (Wildman–Crippen LogP) is 3.82. The number of nitrogens with zero attached hydrogens (tertiary/aromatic N) is 3. The van der Waals surface area contributed by atoms with Crippen LogP contribution in [-0.2, 0) is 13.1 Å². The van der Waals surface area contributed by atoms with Gasteiger partial charge in [-0.3, -0.25) is 4.90 Å². The maximum Gasteiger partial charge on any atom is 0.124 e. The van der Waals surface area contributed by atoms with Crippen molar-refractivity contribution >= 4 is 11.0 Å².